The number of benzene rings is 1. The van der Waals surface area contributed by atoms with E-state index in [1.54, 1.807) is 12.1 Å². The lowest BCUT2D eigenvalue weighted by Gasteiger charge is -2.03. The number of hydrogen-bond donors (Lipinski definition) is 1. The van der Waals surface area contributed by atoms with Crippen molar-refractivity contribution in [3.8, 4) is 11.4 Å². The van der Waals surface area contributed by atoms with Crippen molar-refractivity contribution in [1.82, 2.24) is 10.1 Å². The molecule has 0 bridgehead atoms. The van der Waals surface area contributed by atoms with Gasteiger partial charge in [-0.3, -0.25) is 0 Å². The molecule has 0 aliphatic carbocycles. The van der Waals surface area contributed by atoms with Crippen molar-refractivity contribution in [2.45, 2.75) is 19.8 Å². The lowest BCUT2D eigenvalue weighted by atomic mass is 10.1. The Balaban J connectivity index is 2.03. The summed E-state index contributed by atoms with van der Waals surface area (Å²) in [5, 5.41) is 3.88. The van der Waals surface area contributed by atoms with Crippen LogP contribution < -0.4 is 5.73 Å². The number of rotatable bonds is 5. The minimum Gasteiger partial charge on any atom is -0.339 e. The van der Waals surface area contributed by atoms with Crippen molar-refractivity contribution < 1.29 is 8.91 Å². The van der Waals surface area contributed by atoms with Crippen LogP contribution in [0.25, 0.3) is 11.4 Å². The molecule has 1 atom stereocenters. The van der Waals surface area contributed by atoms with Crippen molar-refractivity contribution in [3.63, 3.8) is 0 Å². The standard InChI is InChI=1S/C13H16FN3O/c1-9(8-15)2-7-12-16-13(17-18-12)10-3-5-11(14)6-4-10/h3-6,9H,2,7-8,15H2,1H3. The van der Waals surface area contributed by atoms with E-state index in [1.165, 1.54) is 12.1 Å². The number of nitrogens with two attached hydrogens (primary N) is 1. The third-order valence-electron chi connectivity index (χ3n) is 2.82. The first-order valence-corrected chi connectivity index (χ1v) is 5.97. The molecule has 4 nitrogen and oxygen atoms in total. The van der Waals surface area contributed by atoms with E-state index in [-0.39, 0.29) is 5.82 Å². The maximum absolute atomic E-state index is 12.8. The van der Waals surface area contributed by atoms with Crippen molar-refractivity contribution in [2.24, 2.45) is 11.7 Å². The fraction of sp³-hybridized carbons (Fsp3) is 0.385. The molecule has 1 aromatic heterocycles. The molecule has 0 radical (unpaired) electrons. The topological polar surface area (TPSA) is 64.9 Å². The van der Waals surface area contributed by atoms with Gasteiger partial charge in [0.25, 0.3) is 0 Å². The molecule has 2 N–H and O–H groups in total. The number of hydrogen-bond acceptors (Lipinski definition) is 4. The summed E-state index contributed by atoms with van der Waals surface area (Å²) in [6, 6.07) is 6.02. The molecule has 2 aromatic rings. The van der Waals surface area contributed by atoms with Crippen molar-refractivity contribution in [2.75, 3.05) is 6.54 Å². The maximum atomic E-state index is 12.8. The van der Waals surface area contributed by atoms with Gasteiger partial charge in [-0.2, -0.15) is 4.98 Å². The Kier molecular flexibility index (Phi) is 4.04. The van der Waals surface area contributed by atoms with Gasteiger partial charge >= 0.3 is 0 Å². The monoisotopic (exact) mass is 249 g/mol. The highest BCUT2D eigenvalue weighted by Crippen LogP contribution is 2.17. The van der Waals surface area contributed by atoms with Gasteiger partial charge in [-0.25, -0.2) is 4.39 Å². The van der Waals surface area contributed by atoms with Crippen molar-refractivity contribution >= 4 is 0 Å². The molecule has 0 fully saturated rings. The fourth-order valence-corrected chi connectivity index (χ4v) is 1.56. The number of aryl methyl sites for hydroxylation is 1. The van der Waals surface area contributed by atoms with E-state index in [1.807, 2.05) is 0 Å². The Morgan fingerprint density at radius 3 is 2.72 bits per heavy atom. The van der Waals surface area contributed by atoms with Crippen LogP contribution >= 0.6 is 0 Å². The second-order valence-corrected chi connectivity index (χ2v) is 4.40. The second-order valence-electron chi connectivity index (χ2n) is 4.40. The van der Waals surface area contributed by atoms with Crippen LogP contribution in [-0.2, 0) is 6.42 Å². The Hall–Kier alpha value is -1.75. The van der Waals surface area contributed by atoms with Crippen LogP contribution in [0.2, 0.25) is 0 Å². The van der Waals surface area contributed by atoms with E-state index >= 15 is 0 Å². The Morgan fingerprint density at radius 2 is 2.06 bits per heavy atom. The van der Waals surface area contributed by atoms with E-state index in [4.69, 9.17) is 10.3 Å². The first-order valence-electron chi connectivity index (χ1n) is 5.97. The molecule has 0 saturated carbocycles. The number of nitrogens with zero attached hydrogens (tertiary/aromatic N) is 2. The van der Waals surface area contributed by atoms with Crippen LogP contribution in [0.3, 0.4) is 0 Å². The Bertz CT molecular complexity index is 495. The van der Waals surface area contributed by atoms with Crippen LogP contribution in [0.15, 0.2) is 28.8 Å². The summed E-state index contributed by atoms with van der Waals surface area (Å²) in [6.45, 7) is 2.73. The average Bonchev–Trinajstić information content (AvgIpc) is 2.85. The predicted molar refractivity (Wildman–Crippen MR) is 66.2 cm³/mol. The van der Waals surface area contributed by atoms with Gasteiger partial charge in [0.2, 0.25) is 11.7 Å². The van der Waals surface area contributed by atoms with Crippen LogP contribution in [0.5, 0.6) is 0 Å². The highest BCUT2D eigenvalue weighted by atomic mass is 19.1. The van der Waals surface area contributed by atoms with Crippen molar-refractivity contribution in [1.29, 1.82) is 0 Å². The van der Waals surface area contributed by atoms with E-state index in [2.05, 4.69) is 17.1 Å². The minimum absolute atomic E-state index is 0.278. The molecule has 0 amide bonds. The summed E-state index contributed by atoms with van der Waals surface area (Å²) in [5.74, 6) is 1.24. The third kappa shape index (κ3) is 3.13. The summed E-state index contributed by atoms with van der Waals surface area (Å²) >= 11 is 0. The predicted octanol–water partition coefficient (Wildman–Crippen LogP) is 2.40. The fourth-order valence-electron chi connectivity index (χ4n) is 1.56. The lowest BCUT2D eigenvalue weighted by Crippen LogP contribution is -2.11. The zero-order valence-electron chi connectivity index (χ0n) is 10.3. The number of halogens is 1. The van der Waals surface area contributed by atoms with Gasteiger partial charge in [0, 0.05) is 12.0 Å². The van der Waals surface area contributed by atoms with Gasteiger partial charge < -0.3 is 10.3 Å². The molecule has 1 unspecified atom stereocenters. The SMILES string of the molecule is CC(CN)CCc1nc(-c2ccc(F)cc2)no1. The molecule has 0 aliphatic heterocycles. The zero-order valence-corrected chi connectivity index (χ0v) is 10.3. The van der Waals surface area contributed by atoms with E-state index in [9.17, 15) is 4.39 Å². The summed E-state index contributed by atoms with van der Waals surface area (Å²) < 4.78 is 17.9. The third-order valence-corrected chi connectivity index (χ3v) is 2.82. The summed E-state index contributed by atoms with van der Waals surface area (Å²) in [7, 11) is 0. The molecule has 1 aromatic carbocycles. The van der Waals surface area contributed by atoms with E-state index in [0.717, 1.165) is 12.0 Å². The molecule has 2 rings (SSSR count). The van der Waals surface area contributed by atoms with Crippen molar-refractivity contribution in [3.05, 3.63) is 36.0 Å². The van der Waals surface area contributed by atoms with Crippen LogP contribution in [0.1, 0.15) is 19.2 Å². The van der Waals surface area contributed by atoms with Gasteiger partial charge in [0.1, 0.15) is 5.82 Å². The molecule has 5 heteroatoms. The Labute approximate surface area is 105 Å². The Morgan fingerprint density at radius 1 is 1.33 bits per heavy atom. The van der Waals surface area contributed by atoms with Crippen LogP contribution in [-0.4, -0.2) is 16.7 Å². The molecule has 0 spiro atoms. The van der Waals surface area contributed by atoms with Gasteiger partial charge in [-0.15, -0.1) is 0 Å². The van der Waals surface area contributed by atoms with Gasteiger partial charge in [0.05, 0.1) is 0 Å². The largest absolute Gasteiger partial charge is 0.339 e. The van der Waals surface area contributed by atoms with Crippen LogP contribution in [0, 0.1) is 11.7 Å². The molecular formula is C13H16FN3O. The summed E-state index contributed by atoms with van der Waals surface area (Å²) in [5.41, 5.74) is 6.29. The quantitative estimate of drug-likeness (QED) is 0.883. The van der Waals surface area contributed by atoms with Gasteiger partial charge in [-0.05, 0) is 43.1 Å². The lowest BCUT2D eigenvalue weighted by molar-refractivity contribution is 0.366. The first kappa shape index (κ1) is 12.7. The maximum Gasteiger partial charge on any atom is 0.226 e. The zero-order chi connectivity index (χ0) is 13.0. The average molecular weight is 249 g/mol. The highest BCUT2D eigenvalue weighted by Gasteiger charge is 2.09. The second kappa shape index (κ2) is 5.73. The molecule has 0 saturated heterocycles. The molecule has 0 aliphatic rings. The first-order chi connectivity index (χ1) is 8.69. The molecule has 96 valence electrons. The minimum atomic E-state index is -0.278. The van der Waals surface area contributed by atoms with E-state index < -0.39 is 0 Å². The normalized spacial score (nSPS) is 12.6. The number of aromatic nitrogens is 2. The molecule has 18 heavy (non-hydrogen) atoms. The molecular weight excluding hydrogens is 233 g/mol. The highest BCUT2D eigenvalue weighted by molar-refractivity contribution is 5.53. The van der Waals surface area contributed by atoms with Gasteiger partial charge in [-0.1, -0.05) is 12.1 Å². The summed E-state index contributed by atoms with van der Waals surface area (Å²) in [4.78, 5) is 4.28. The van der Waals surface area contributed by atoms with Crippen LogP contribution in [0.4, 0.5) is 4.39 Å². The van der Waals surface area contributed by atoms with E-state index in [0.29, 0.717) is 30.6 Å². The smallest absolute Gasteiger partial charge is 0.226 e. The van der Waals surface area contributed by atoms with Gasteiger partial charge in [0.15, 0.2) is 0 Å². The summed E-state index contributed by atoms with van der Waals surface area (Å²) in [6.07, 6.45) is 1.63. The molecule has 1 heterocycles.